The number of fused-ring (bicyclic) bond motifs is 1. The summed E-state index contributed by atoms with van der Waals surface area (Å²) in [5.41, 5.74) is 3.07. The molecule has 2 aromatic rings. The van der Waals surface area contributed by atoms with Crippen LogP contribution < -0.4 is 0 Å². The summed E-state index contributed by atoms with van der Waals surface area (Å²) >= 11 is 0. The summed E-state index contributed by atoms with van der Waals surface area (Å²) in [4.78, 5) is 27.2. The number of hydrogen-bond acceptors (Lipinski definition) is 4. The van der Waals surface area contributed by atoms with Crippen molar-refractivity contribution in [2.24, 2.45) is 0 Å². The Kier molecular flexibility index (Phi) is 4.08. The Bertz CT molecular complexity index is 887. The second-order valence-corrected chi connectivity index (χ2v) is 5.45. The lowest BCUT2D eigenvalue weighted by Crippen LogP contribution is -2.05. The first-order chi connectivity index (χ1) is 11.5. The Labute approximate surface area is 139 Å². The van der Waals surface area contributed by atoms with Crippen molar-refractivity contribution < 1.29 is 19.4 Å². The summed E-state index contributed by atoms with van der Waals surface area (Å²) in [6.45, 7) is 3.59. The van der Waals surface area contributed by atoms with Crippen LogP contribution in [0.15, 0.2) is 30.3 Å². The van der Waals surface area contributed by atoms with Crippen LogP contribution >= 0.6 is 0 Å². The Hall–Kier alpha value is -3.08. The monoisotopic (exact) mass is 323 g/mol. The molecule has 0 unspecified atom stereocenters. The van der Waals surface area contributed by atoms with Gasteiger partial charge in [0.2, 0.25) is 0 Å². The molecule has 1 heterocycles. The smallest absolute Gasteiger partial charge is 0.343 e. The van der Waals surface area contributed by atoms with E-state index in [1.807, 2.05) is 24.3 Å². The zero-order valence-corrected chi connectivity index (χ0v) is 13.4. The van der Waals surface area contributed by atoms with Gasteiger partial charge in [-0.25, -0.2) is 4.79 Å². The van der Waals surface area contributed by atoms with Gasteiger partial charge in [-0.3, -0.25) is 4.79 Å². The predicted molar refractivity (Wildman–Crippen MR) is 91.5 cm³/mol. The summed E-state index contributed by atoms with van der Waals surface area (Å²) in [5.74, 6) is -0.958. The van der Waals surface area contributed by atoms with Gasteiger partial charge in [-0.15, -0.1) is 0 Å². The van der Waals surface area contributed by atoms with Crippen molar-refractivity contribution in [2.75, 3.05) is 6.61 Å². The van der Waals surface area contributed by atoms with Gasteiger partial charge in [0.15, 0.2) is 11.5 Å². The number of benzene rings is 1. The fraction of sp³-hybridized carbons (Fsp3) is 0.158. The molecule has 0 radical (unpaired) electrons. The average molecular weight is 323 g/mol. The quantitative estimate of drug-likeness (QED) is 0.670. The summed E-state index contributed by atoms with van der Waals surface area (Å²) < 4.78 is 4.95. The number of aromatic hydroxyl groups is 1. The first-order valence-corrected chi connectivity index (χ1v) is 7.65. The number of ether oxygens (including phenoxy) is 1. The van der Waals surface area contributed by atoms with Crippen molar-refractivity contribution in [3.63, 3.8) is 0 Å². The largest absolute Gasteiger partial charge is 0.505 e. The standard InChI is InChI=1S/C19H17NO4/c1-3-24-19(23)17-11(2)20-15(18(17)22)10-14-13-7-5-4-6-12(13)8-9-16(14)21/h4-10,20,22H,3H2,1-2H3/b14-10+. The lowest BCUT2D eigenvalue weighted by atomic mass is 9.91. The molecule has 1 aromatic carbocycles. The van der Waals surface area contributed by atoms with E-state index < -0.39 is 5.97 Å². The van der Waals surface area contributed by atoms with Gasteiger partial charge < -0.3 is 14.8 Å². The maximum absolute atomic E-state index is 12.3. The van der Waals surface area contributed by atoms with Crippen LogP contribution in [0.25, 0.3) is 17.7 Å². The zero-order valence-electron chi connectivity index (χ0n) is 13.4. The van der Waals surface area contributed by atoms with Gasteiger partial charge in [-0.1, -0.05) is 30.3 Å². The molecule has 0 fully saturated rings. The number of aryl methyl sites for hydroxylation is 1. The number of allylic oxidation sites excluding steroid dienone is 2. The molecule has 0 atom stereocenters. The topological polar surface area (TPSA) is 79.4 Å². The van der Waals surface area contributed by atoms with Gasteiger partial charge in [0.25, 0.3) is 0 Å². The van der Waals surface area contributed by atoms with E-state index in [0.717, 1.165) is 11.1 Å². The van der Waals surface area contributed by atoms with E-state index in [1.165, 1.54) is 6.08 Å². The van der Waals surface area contributed by atoms with Gasteiger partial charge in [-0.2, -0.15) is 0 Å². The van der Waals surface area contributed by atoms with Gasteiger partial charge in [0, 0.05) is 11.3 Å². The Balaban J connectivity index is 2.09. The lowest BCUT2D eigenvalue weighted by molar-refractivity contribution is -0.109. The third-order valence-electron chi connectivity index (χ3n) is 3.89. The number of aromatic nitrogens is 1. The number of carbonyl (C=O) groups is 2. The molecule has 1 aromatic heterocycles. The van der Waals surface area contributed by atoms with E-state index >= 15 is 0 Å². The van der Waals surface area contributed by atoms with Crippen molar-refractivity contribution in [3.8, 4) is 5.75 Å². The maximum Gasteiger partial charge on any atom is 0.343 e. The normalized spacial score (nSPS) is 14.8. The highest BCUT2D eigenvalue weighted by Gasteiger charge is 2.23. The van der Waals surface area contributed by atoms with E-state index in [1.54, 1.807) is 26.0 Å². The third-order valence-corrected chi connectivity index (χ3v) is 3.89. The second-order valence-electron chi connectivity index (χ2n) is 5.45. The maximum atomic E-state index is 12.3. The predicted octanol–water partition coefficient (Wildman–Crippen LogP) is 3.34. The summed E-state index contributed by atoms with van der Waals surface area (Å²) in [6.07, 6.45) is 4.82. The number of H-pyrrole nitrogens is 1. The summed E-state index contributed by atoms with van der Waals surface area (Å²) in [7, 11) is 0. The first-order valence-electron chi connectivity index (χ1n) is 7.65. The molecule has 5 heteroatoms. The number of rotatable bonds is 3. The molecule has 0 spiro atoms. The summed E-state index contributed by atoms with van der Waals surface area (Å²) in [6, 6.07) is 7.51. The molecule has 0 aliphatic heterocycles. The Morgan fingerprint density at radius 1 is 1.29 bits per heavy atom. The van der Waals surface area contributed by atoms with Crippen molar-refractivity contribution in [3.05, 3.63) is 58.4 Å². The summed E-state index contributed by atoms with van der Waals surface area (Å²) in [5, 5.41) is 10.4. The zero-order chi connectivity index (χ0) is 17.3. The van der Waals surface area contributed by atoms with Crippen LogP contribution in [0.4, 0.5) is 0 Å². The van der Waals surface area contributed by atoms with Crippen LogP contribution in [0.1, 0.15) is 39.8 Å². The van der Waals surface area contributed by atoms with E-state index in [-0.39, 0.29) is 23.7 Å². The highest BCUT2D eigenvalue weighted by Crippen LogP contribution is 2.33. The number of hydrogen-bond donors (Lipinski definition) is 2. The number of aromatic amines is 1. The molecule has 0 saturated heterocycles. The van der Waals surface area contributed by atoms with Crippen LogP contribution in [-0.4, -0.2) is 28.4 Å². The minimum atomic E-state index is -0.594. The van der Waals surface area contributed by atoms with Crippen molar-refractivity contribution >= 4 is 29.5 Å². The molecule has 122 valence electrons. The molecular formula is C19H17NO4. The molecule has 24 heavy (non-hydrogen) atoms. The molecule has 0 bridgehead atoms. The molecular weight excluding hydrogens is 306 g/mol. The van der Waals surface area contributed by atoms with Crippen molar-refractivity contribution in [2.45, 2.75) is 13.8 Å². The molecule has 0 saturated carbocycles. The fourth-order valence-corrected chi connectivity index (χ4v) is 2.76. The number of carbonyl (C=O) groups excluding carboxylic acids is 2. The minimum absolute atomic E-state index is 0.0933. The first kappa shape index (κ1) is 15.8. The van der Waals surface area contributed by atoms with E-state index in [9.17, 15) is 14.7 Å². The van der Waals surface area contributed by atoms with Crippen molar-refractivity contribution in [1.82, 2.24) is 4.98 Å². The highest BCUT2D eigenvalue weighted by molar-refractivity contribution is 6.33. The average Bonchev–Trinajstić information content (AvgIpc) is 2.84. The number of esters is 1. The van der Waals surface area contributed by atoms with Crippen LogP contribution in [-0.2, 0) is 9.53 Å². The van der Waals surface area contributed by atoms with E-state index in [4.69, 9.17) is 4.74 Å². The second kappa shape index (κ2) is 6.20. The molecule has 1 aliphatic rings. The third kappa shape index (κ3) is 2.65. The molecule has 3 rings (SSSR count). The van der Waals surface area contributed by atoms with Crippen LogP contribution in [0.5, 0.6) is 5.75 Å². The highest BCUT2D eigenvalue weighted by atomic mass is 16.5. The van der Waals surface area contributed by atoms with E-state index in [0.29, 0.717) is 17.0 Å². The van der Waals surface area contributed by atoms with Crippen LogP contribution in [0.2, 0.25) is 0 Å². The number of ketones is 1. The minimum Gasteiger partial charge on any atom is -0.505 e. The molecule has 2 N–H and O–H groups in total. The van der Waals surface area contributed by atoms with Gasteiger partial charge in [-0.05, 0) is 37.1 Å². The van der Waals surface area contributed by atoms with E-state index in [2.05, 4.69) is 4.98 Å². The van der Waals surface area contributed by atoms with Gasteiger partial charge >= 0.3 is 5.97 Å². The fourth-order valence-electron chi connectivity index (χ4n) is 2.76. The molecule has 0 amide bonds. The Morgan fingerprint density at radius 2 is 2.04 bits per heavy atom. The van der Waals surface area contributed by atoms with Gasteiger partial charge in [0.05, 0.1) is 12.3 Å². The van der Waals surface area contributed by atoms with Gasteiger partial charge in [0.1, 0.15) is 5.56 Å². The Morgan fingerprint density at radius 3 is 2.79 bits per heavy atom. The molecule has 5 nitrogen and oxygen atoms in total. The lowest BCUT2D eigenvalue weighted by Gasteiger charge is -2.12. The van der Waals surface area contributed by atoms with Crippen LogP contribution in [0, 0.1) is 6.92 Å². The SMILES string of the molecule is CCOC(=O)c1c(C)[nH]c(/C=C2/C(=O)C=Cc3ccccc32)c1O. The van der Waals surface area contributed by atoms with Crippen LogP contribution in [0.3, 0.4) is 0 Å². The van der Waals surface area contributed by atoms with Crippen molar-refractivity contribution in [1.29, 1.82) is 0 Å². The number of nitrogens with one attached hydrogen (secondary N) is 1. The molecule has 1 aliphatic carbocycles.